The van der Waals surface area contributed by atoms with E-state index in [-0.39, 0.29) is 5.60 Å². The molecule has 1 aromatic carbocycles. The van der Waals surface area contributed by atoms with Crippen LogP contribution in [0.25, 0.3) is 0 Å². The van der Waals surface area contributed by atoms with E-state index in [9.17, 15) is 4.79 Å². The third kappa shape index (κ3) is 3.67. The van der Waals surface area contributed by atoms with E-state index in [1.807, 2.05) is 18.2 Å². The summed E-state index contributed by atoms with van der Waals surface area (Å²) in [6.07, 6.45) is 8.49. The molecule has 1 aliphatic carbocycles. The summed E-state index contributed by atoms with van der Waals surface area (Å²) in [6.45, 7) is 0.666. The Morgan fingerprint density at radius 1 is 1.11 bits per heavy atom. The number of ether oxygens (including phenoxy) is 1. The van der Waals surface area contributed by atoms with Crippen LogP contribution >= 0.6 is 0 Å². The SMILES string of the molecule is O=CCCC1(OCc2ccccc2)CCCCC1. The number of aldehydes is 1. The molecule has 0 radical (unpaired) electrons. The van der Waals surface area contributed by atoms with Crippen LogP contribution in [-0.4, -0.2) is 11.9 Å². The van der Waals surface area contributed by atoms with E-state index in [2.05, 4.69) is 12.1 Å². The second-order valence-corrected chi connectivity index (χ2v) is 5.22. The van der Waals surface area contributed by atoms with Crippen molar-refractivity contribution in [1.29, 1.82) is 0 Å². The molecule has 0 aromatic heterocycles. The smallest absolute Gasteiger partial charge is 0.120 e. The van der Waals surface area contributed by atoms with Gasteiger partial charge in [-0.3, -0.25) is 0 Å². The molecule has 18 heavy (non-hydrogen) atoms. The molecule has 1 saturated carbocycles. The second-order valence-electron chi connectivity index (χ2n) is 5.22. The highest BCUT2D eigenvalue weighted by atomic mass is 16.5. The fourth-order valence-electron chi connectivity index (χ4n) is 2.80. The summed E-state index contributed by atoms with van der Waals surface area (Å²) in [5, 5.41) is 0. The van der Waals surface area contributed by atoms with Gasteiger partial charge in [0, 0.05) is 6.42 Å². The molecular weight excluding hydrogens is 224 g/mol. The van der Waals surface area contributed by atoms with Crippen molar-refractivity contribution >= 4 is 6.29 Å². The molecule has 0 N–H and O–H groups in total. The van der Waals surface area contributed by atoms with Gasteiger partial charge in [-0.15, -0.1) is 0 Å². The Bertz CT molecular complexity index is 353. The largest absolute Gasteiger partial charge is 0.370 e. The molecule has 0 spiro atoms. The third-order valence-corrected chi connectivity index (χ3v) is 3.87. The zero-order valence-electron chi connectivity index (χ0n) is 10.9. The van der Waals surface area contributed by atoms with Gasteiger partial charge in [0.05, 0.1) is 12.2 Å². The average molecular weight is 246 g/mol. The maximum Gasteiger partial charge on any atom is 0.120 e. The molecule has 0 bridgehead atoms. The Morgan fingerprint density at radius 2 is 1.83 bits per heavy atom. The molecule has 0 unspecified atom stereocenters. The van der Waals surface area contributed by atoms with E-state index in [1.165, 1.54) is 24.8 Å². The zero-order chi connectivity index (χ0) is 12.7. The monoisotopic (exact) mass is 246 g/mol. The first kappa shape index (κ1) is 13.3. The Labute approximate surface area is 109 Å². The van der Waals surface area contributed by atoms with Crippen LogP contribution in [-0.2, 0) is 16.1 Å². The van der Waals surface area contributed by atoms with Crippen LogP contribution in [0.5, 0.6) is 0 Å². The van der Waals surface area contributed by atoms with Crippen molar-refractivity contribution < 1.29 is 9.53 Å². The van der Waals surface area contributed by atoms with Crippen LogP contribution in [0.3, 0.4) is 0 Å². The Morgan fingerprint density at radius 3 is 2.50 bits per heavy atom. The van der Waals surface area contributed by atoms with Crippen molar-refractivity contribution in [2.75, 3.05) is 0 Å². The molecule has 0 atom stereocenters. The topological polar surface area (TPSA) is 26.3 Å². The molecule has 98 valence electrons. The van der Waals surface area contributed by atoms with Crippen LogP contribution in [0.4, 0.5) is 0 Å². The normalized spacial score (nSPS) is 18.4. The third-order valence-electron chi connectivity index (χ3n) is 3.87. The minimum Gasteiger partial charge on any atom is -0.370 e. The van der Waals surface area contributed by atoms with Crippen molar-refractivity contribution in [2.24, 2.45) is 0 Å². The van der Waals surface area contributed by atoms with Crippen molar-refractivity contribution in [3.8, 4) is 0 Å². The summed E-state index contributed by atoms with van der Waals surface area (Å²) in [6, 6.07) is 10.3. The van der Waals surface area contributed by atoms with Gasteiger partial charge in [0.2, 0.25) is 0 Å². The summed E-state index contributed by atoms with van der Waals surface area (Å²) in [7, 11) is 0. The summed E-state index contributed by atoms with van der Waals surface area (Å²) in [5.74, 6) is 0. The number of rotatable bonds is 6. The molecule has 1 aromatic rings. The van der Waals surface area contributed by atoms with E-state index < -0.39 is 0 Å². The first-order valence-electron chi connectivity index (χ1n) is 6.96. The summed E-state index contributed by atoms with van der Waals surface area (Å²) < 4.78 is 6.20. The van der Waals surface area contributed by atoms with Gasteiger partial charge >= 0.3 is 0 Å². The van der Waals surface area contributed by atoms with Crippen molar-refractivity contribution in [1.82, 2.24) is 0 Å². The lowest BCUT2D eigenvalue weighted by Crippen LogP contribution is -2.35. The van der Waals surface area contributed by atoms with Gasteiger partial charge in [-0.2, -0.15) is 0 Å². The molecule has 0 heterocycles. The summed E-state index contributed by atoms with van der Waals surface area (Å²) in [4.78, 5) is 10.6. The fourth-order valence-corrected chi connectivity index (χ4v) is 2.80. The number of carbonyl (C=O) groups is 1. The average Bonchev–Trinajstić information content (AvgIpc) is 2.45. The van der Waals surface area contributed by atoms with Gasteiger partial charge < -0.3 is 9.53 Å². The Hall–Kier alpha value is -1.15. The maximum atomic E-state index is 10.6. The van der Waals surface area contributed by atoms with Gasteiger partial charge in [0.1, 0.15) is 6.29 Å². The molecular formula is C16H22O2. The lowest BCUT2D eigenvalue weighted by Gasteiger charge is -2.37. The van der Waals surface area contributed by atoms with Gasteiger partial charge in [0.25, 0.3) is 0 Å². The summed E-state index contributed by atoms with van der Waals surface area (Å²) >= 11 is 0. The number of carbonyl (C=O) groups excluding carboxylic acids is 1. The zero-order valence-corrected chi connectivity index (χ0v) is 10.9. The number of benzene rings is 1. The Balaban J connectivity index is 1.94. The van der Waals surface area contributed by atoms with E-state index in [0.717, 1.165) is 25.5 Å². The van der Waals surface area contributed by atoms with Crippen LogP contribution in [0.1, 0.15) is 50.5 Å². The minimum atomic E-state index is -0.0466. The molecule has 2 rings (SSSR count). The molecule has 0 saturated heterocycles. The van der Waals surface area contributed by atoms with Crippen molar-refractivity contribution in [3.63, 3.8) is 0 Å². The van der Waals surface area contributed by atoms with Gasteiger partial charge in [-0.1, -0.05) is 49.6 Å². The van der Waals surface area contributed by atoms with Gasteiger partial charge in [-0.25, -0.2) is 0 Å². The molecule has 1 aliphatic rings. The van der Waals surface area contributed by atoms with E-state index >= 15 is 0 Å². The highest BCUT2D eigenvalue weighted by molar-refractivity contribution is 5.49. The van der Waals surface area contributed by atoms with E-state index in [0.29, 0.717) is 13.0 Å². The van der Waals surface area contributed by atoms with Crippen LogP contribution in [0.15, 0.2) is 30.3 Å². The Kier molecular flexibility index (Phi) is 4.94. The molecule has 2 heteroatoms. The first-order chi connectivity index (χ1) is 8.85. The lowest BCUT2D eigenvalue weighted by molar-refractivity contribution is -0.113. The highest BCUT2D eigenvalue weighted by Gasteiger charge is 2.32. The lowest BCUT2D eigenvalue weighted by atomic mass is 9.81. The van der Waals surface area contributed by atoms with Crippen molar-refractivity contribution in [3.05, 3.63) is 35.9 Å². The van der Waals surface area contributed by atoms with Crippen LogP contribution < -0.4 is 0 Å². The van der Waals surface area contributed by atoms with E-state index in [1.54, 1.807) is 0 Å². The summed E-state index contributed by atoms with van der Waals surface area (Å²) in [5.41, 5.74) is 1.17. The van der Waals surface area contributed by atoms with Crippen LogP contribution in [0, 0.1) is 0 Å². The minimum absolute atomic E-state index is 0.0466. The predicted molar refractivity (Wildman–Crippen MR) is 72.3 cm³/mol. The van der Waals surface area contributed by atoms with Crippen molar-refractivity contribution in [2.45, 2.75) is 57.2 Å². The fraction of sp³-hybridized carbons (Fsp3) is 0.562. The predicted octanol–water partition coefficient (Wildman–Crippen LogP) is 3.89. The number of hydrogen-bond acceptors (Lipinski definition) is 2. The quantitative estimate of drug-likeness (QED) is 0.712. The van der Waals surface area contributed by atoms with Crippen LogP contribution in [0.2, 0.25) is 0 Å². The first-order valence-corrected chi connectivity index (χ1v) is 6.96. The molecule has 0 aliphatic heterocycles. The maximum absolute atomic E-state index is 10.6. The van der Waals surface area contributed by atoms with E-state index in [4.69, 9.17) is 4.74 Å². The number of hydrogen-bond donors (Lipinski definition) is 0. The molecule has 2 nitrogen and oxygen atoms in total. The van der Waals surface area contributed by atoms with Gasteiger partial charge in [0.15, 0.2) is 0 Å². The second kappa shape index (κ2) is 6.69. The molecule has 1 fully saturated rings. The molecule has 0 amide bonds. The van der Waals surface area contributed by atoms with Gasteiger partial charge in [-0.05, 0) is 24.8 Å². The highest BCUT2D eigenvalue weighted by Crippen LogP contribution is 2.36. The standard InChI is InChI=1S/C16H22O2/c17-13-7-12-16(10-5-2-6-11-16)18-14-15-8-3-1-4-9-15/h1,3-4,8-9,13H,2,5-7,10-12,14H2.